The second-order valence-corrected chi connectivity index (χ2v) is 6.94. The van der Waals surface area contributed by atoms with Gasteiger partial charge in [0.15, 0.2) is 21.5 Å². The van der Waals surface area contributed by atoms with Crippen LogP contribution < -0.4 is 0 Å². The first-order valence-corrected chi connectivity index (χ1v) is 7.47. The van der Waals surface area contributed by atoms with Gasteiger partial charge in [-0.1, -0.05) is 12.1 Å². The number of sulfone groups is 1. The van der Waals surface area contributed by atoms with E-state index >= 15 is 0 Å². The van der Waals surface area contributed by atoms with Crippen LogP contribution in [0.1, 0.15) is 23.7 Å². The molecule has 1 aromatic carbocycles. The van der Waals surface area contributed by atoms with Gasteiger partial charge in [-0.25, -0.2) is 17.2 Å². The fourth-order valence-electron chi connectivity index (χ4n) is 2.22. The third-order valence-electron chi connectivity index (χ3n) is 3.34. The maximum Gasteiger partial charge on any atom is 0.164 e. The number of rotatable bonds is 2. The number of aliphatic hydroxyl groups excluding tert-OH is 1. The van der Waals surface area contributed by atoms with Crippen LogP contribution in [0.15, 0.2) is 12.1 Å². The van der Waals surface area contributed by atoms with Gasteiger partial charge in [0.2, 0.25) is 0 Å². The number of aryl methyl sites for hydroxylation is 1. The molecule has 6 heteroatoms. The van der Waals surface area contributed by atoms with Crippen LogP contribution in [-0.2, 0) is 9.84 Å². The highest BCUT2D eigenvalue weighted by atomic mass is 32.2. The summed E-state index contributed by atoms with van der Waals surface area (Å²) >= 11 is 0. The Bertz CT molecular complexity index is 569. The van der Waals surface area contributed by atoms with E-state index in [0.717, 1.165) is 0 Å². The van der Waals surface area contributed by atoms with Gasteiger partial charge in [0.1, 0.15) is 0 Å². The number of halogens is 2. The molecule has 0 spiro atoms. The van der Waals surface area contributed by atoms with Gasteiger partial charge in [-0.15, -0.1) is 0 Å². The Morgan fingerprint density at radius 2 is 2.00 bits per heavy atom. The molecule has 1 saturated heterocycles. The van der Waals surface area contributed by atoms with Gasteiger partial charge in [0.05, 0.1) is 17.6 Å². The summed E-state index contributed by atoms with van der Waals surface area (Å²) in [5.74, 6) is -2.83. The summed E-state index contributed by atoms with van der Waals surface area (Å²) in [5.41, 5.74) is -0.0114. The summed E-state index contributed by atoms with van der Waals surface area (Å²) in [5, 5.41) is 9.98. The summed E-state index contributed by atoms with van der Waals surface area (Å²) in [6.45, 7) is 1.43. The van der Waals surface area contributed by atoms with Gasteiger partial charge in [-0.2, -0.15) is 0 Å². The molecule has 18 heavy (non-hydrogen) atoms. The van der Waals surface area contributed by atoms with Gasteiger partial charge in [-0.3, -0.25) is 0 Å². The molecule has 100 valence electrons. The fourth-order valence-corrected chi connectivity index (χ4v) is 4.05. The maximum absolute atomic E-state index is 13.7. The first-order valence-electron chi connectivity index (χ1n) is 5.65. The van der Waals surface area contributed by atoms with Gasteiger partial charge in [0, 0.05) is 11.5 Å². The lowest BCUT2D eigenvalue weighted by Gasteiger charge is -2.18. The first kappa shape index (κ1) is 13.4. The quantitative estimate of drug-likeness (QED) is 0.895. The average Bonchev–Trinajstić information content (AvgIpc) is 2.66. The Morgan fingerprint density at radius 3 is 2.56 bits per heavy atom. The van der Waals surface area contributed by atoms with Crippen LogP contribution >= 0.6 is 0 Å². The van der Waals surface area contributed by atoms with E-state index in [0.29, 0.717) is 0 Å². The zero-order valence-electron chi connectivity index (χ0n) is 9.86. The van der Waals surface area contributed by atoms with E-state index in [1.807, 2.05) is 0 Å². The van der Waals surface area contributed by atoms with Crippen LogP contribution in [0.2, 0.25) is 0 Å². The van der Waals surface area contributed by atoms with Crippen molar-refractivity contribution in [2.75, 3.05) is 11.5 Å². The third kappa shape index (κ3) is 2.40. The van der Waals surface area contributed by atoms with Crippen LogP contribution in [0.4, 0.5) is 8.78 Å². The minimum absolute atomic E-state index is 0.00924. The molecular weight excluding hydrogens is 262 g/mol. The first-order chi connectivity index (χ1) is 8.32. The number of benzene rings is 1. The van der Waals surface area contributed by atoms with Crippen molar-refractivity contribution in [1.82, 2.24) is 0 Å². The molecule has 0 aliphatic carbocycles. The van der Waals surface area contributed by atoms with Crippen LogP contribution in [0.25, 0.3) is 0 Å². The Hall–Kier alpha value is -1.01. The van der Waals surface area contributed by atoms with E-state index in [9.17, 15) is 22.3 Å². The monoisotopic (exact) mass is 276 g/mol. The molecule has 0 amide bonds. The molecule has 1 fully saturated rings. The summed E-state index contributed by atoms with van der Waals surface area (Å²) < 4.78 is 49.7. The van der Waals surface area contributed by atoms with Crippen molar-refractivity contribution in [2.24, 2.45) is 5.92 Å². The molecule has 1 heterocycles. The topological polar surface area (TPSA) is 54.4 Å². The smallest absolute Gasteiger partial charge is 0.164 e. The maximum atomic E-state index is 13.7. The molecule has 2 unspecified atom stereocenters. The van der Waals surface area contributed by atoms with Crippen molar-refractivity contribution in [3.8, 4) is 0 Å². The van der Waals surface area contributed by atoms with Crippen LogP contribution in [0.3, 0.4) is 0 Å². The van der Waals surface area contributed by atoms with Crippen LogP contribution in [-0.4, -0.2) is 25.0 Å². The molecule has 0 radical (unpaired) electrons. The van der Waals surface area contributed by atoms with Crippen molar-refractivity contribution < 1.29 is 22.3 Å². The van der Waals surface area contributed by atoms with E-state index in [1.54, 1.807) is 0 Å². The Labute approximate surface area is 104 Å². The van der Waals surface area contributed by atoms with E-state index < -0.39 is 33.5 Å². The Balaban J connectivity index is 2.30. The molecule has 3 nitrogen and oxygen atoms in total. The van der Waals surface area contributed by atoms with Crippen molar-refractivity contribution >= 4 is 9.84 Å². The van der Waals surface area contributed by atoms with Crippen LogP contribution in [0, 0.1) is 24.5 Å². The zero-order chi connectivity index (χ0) is 13.5. The summed E-state index contributed by atoms with van der Waals surface area (Å²) in [6, 6.07) is 2.68. The third-order valence-corrected chi connectivity index (χ3v) is 5.13. The summed E-state index contributed by atoms with van der Waals surface area (Å²) in [4.78, 5) is 0. The minimum atomic E-state index is -3.16. The molecule has 0 aromatic heterocycles. The van der Waals surface area contributed by atoms with Gasteiger partial charge in [0.25, 0.3) is 0 Å². The normalized spacial score (nSPS) is 24.1. The Morgan fingerprint density at radius 1 is 1.33 bits per heavy atom. The van der Waals surface area contributed by atoms with Gasteiger partial charge < -0.3 is 5.11 Å². The molecule has 1 aliphatic rings. The highest BCUT2D eigenvalue weighted by Crippen LogP contribution is 2.33. The highest BCUT2D eigenvalue weighted by molar-refractivity contribution is 7.91. The predicted octanol–water partition coefficient (Wildman–Crippen LogP) is 1.74. The van der Waals surface area contributed by atoms with Crippen molar-refractivity contribution in [1.29, 1.82) is 0 Å². The molecule has 1 aromatic rings. The molecule has 0 bridgehead atoms. The molecule has 0 saturated carbocycles. The molecule has 1 aliphatic heterocycles. The Kier molecular flexibility index (Phi) is 3.42. The second kappa shape index (κ2) is 4.59. The standard InChI is InChI=1S/C12H14F2O3S/c1-7-2-3-9(11(14)10(7)13)12(15)8-4-5-18(16,17)6-8/h2-3,8,12,15H,4-6H2,1H3. The molecule has 2 atom stereocenters. The second-order valence-electron chi connectivity index (χ2n) is 4.71. The number of hydrogen-bond acceptors (Lipinski definition) is 3. The highest BCUT2D eigenvalue weighted by Gasteiger charge is 2.35. The van der Waals surface area contributed by atoms with Crippen LogP contribution in [0.5, 0.6) is 0 Å². The predicted molar refractivity (Wildman–Crippen MR) is 62.8 cm³/mol. The minimum Gasteiger partial charge on any atom is -0.388 e. The number of aliphatic hydroxyl groups is 1. The zero-order valence-corrected chi connectivity index (χ0v) is 10.7. The van der Waals surface area contributed by atoms with E-state index in [1.165, 1.54) is 19.1 Å². The average molecular weight is 276 g/mol. The molecule has 2 rings (SSSR count). The molecular formula is C12H14F2O3S. The van der Waals surface area contributed by atoms with E-state index in [2.05, 4.69) is 0 Å². The lowest BCUT2D eigenvalue weighted by Crippen LogP contribution is -2.16. The SMILES string of the molecule is Cc1ccc(C(O)C2CCS(=O)(=O)C2)c(F)c1F. The largest absolute Gasteiger partial charge is 0.388 e. The van der Waals surface area contributed by atoms with E-state index in [4.69, 9.17) is 0 Å². The van der Waals surface area contributed by atoms with Crippen molar-refractivity contribution in [3.63, 3.8) is 0 Å². The lowest BCUT2D eigenvalue weighted by molar-refractivity contribution is 0.116. The van der Waals surface area contributed by atoms with Gasteiger partial charge in [-0.05, 0) is 18.9 Å². The molecule has 1 N–H and O–H groups in total. The summed E-state index contributed by atoms with van der Waals surface area (Å²) in [6.07, 6.45) is -1.00. The lowest BCUT2D eigenvalue weighted by atomic mass is 9.94. The van der Waals surface area contributed by atoms with Crippen molar-refractivity contribution in [2.45, 2.75) is 19.4 Å². The fraction of sp³-hybridized carbons (Fsp3) is 0.500. The van der Waals surface area contributed by atoms with E-state index in [-0.39, 0.29) is 29.1 Å². The van der Waals surface area contributed by atoms with Crippen molar-refractivity contribution in [3.05, 3.63) is 34.9 Å². The van der Waals surface area contributed by atoms with Gasteiger partial charge >= 0.3 is 0 Å². The number of hydrogen-bond donors (Lipinski definition) is 1. The summed E-state index contributed by atoms with van der Waals surface area (Å²) in [7, 11) is -3.16.